The molecule has 0 saturated heterocycles. The Balaban J connectivity index is 2.59. The van der Waals surface area contributed by atoms with E-state index in [1.165, 1.54) is 19.4 Å². The summed E-state index contributed by atoms with van der Waals surface area (Å²) < 4.78 is 9.72. The van der Waals surface area contributed by atoms with Crippen molar-refractivity contribution < 1.29 is 19.1 Å². The largest absolute Gasteiger partial charge is 0.492 e. The average Bonchev–Trinajstić information content (AvgIpc) is 2.40. The Bertz CT molecular complexity index is 465. The van der Waals surface area contributed by atoms with Crippen molar-refractivity contribution in [2.75, 3.05) is 19.0 Å². The summed E-state index contributed by atoms with van der Waals surface area (Å²) in [6.45, 7) is 2.28. The summed E-state index contributed by atoms with van der Waals surface area (Å²) in [5.41, 5.74) is 0. The number of anilines is 1. The minimum Gasteiger partial charge on any atom is -0.492 e. The number of halogens is 1. The maximum absolute atomic E-state index is 11.6. The predicted molar refractivity (Wildman–Crippen MR) is 70.3 cm³/mol. The Kier molecular flexibility index (Phi) is 6.08. The molecule has 6 nitrogen and oxygen atoms in total. The van der Waals surface area contributed by atoms with Crippen LogP contribution in [0, 0.1) is 0 Å². The van der Waals surface area contributed by atoms with E-state index in [1.807, 2.05) is 6.92 Å². The van der Waals surface area contributed by atoms with Crippen LogP contribution in [0.2, 0.25) is 5.02 Å². The van der Waals surface area contributed by atoms with E-state index < -0.39 is 5.97 Å². The number of methoxy groups -OCH3 is 1. The van der Waals surface area contributed by atoms with Crippen molar-refractivity contribution in [1.29, 1.82) is 0 Å². The number of aromatic nitrogens is 1. The van der Waals surface area contributed by atoms with Gasteiger partial charge in [-0.15, -0.1) is 0 Å². The molecule has 1 aromatic heterocycles. The number of pyridine rings is 1. The second kappa shape index (κ2) is 7.58. The van der Waals surface area contributed by atoms with Crippen LogP contribution in [0.1, 0.15) is 19.8 Å². The summed E-state index contributed by atoms with van der Waals surface area (Å²) in [4.78, 5) is 26.4. The summed E-state index contributed by atoms with van der Waals surface area (Å²) in [6, 6.07) is 1.53. The van der Waals surface area contributed by atoms with Gasteiger partial charge in [0.25, 0.3) is 0 Å². The fourth-order valence-electron chi connectivity index (χ4n) is 1.28. The molecule has 7 heteroatoms. The number of esters is 1. The van der Waals surface area contributed by atoms with Crippen LogP contribution in [0.15, 0.2) is 12.3 Å². The van der Waals surface area contributed by atoms with E-state index in [1.54, 1.807) is 0 Å². The smallest absolute Gasteiger partial charge is 0.306 e. The number of nitrogens with one attached hydrogen (secondary N) is 1. The average molecular weight is 287 g/mol. The Morgan fingerprint density at radius 3 is 2.79 bits per heavy atom. The monoisotopic (exact) mass is 286 g/mol. The van der Waals surface area contributed by atoms with Crippen LogP contribution < -0.4 is 10.1 Å². The highest BCUT2D eigenvalue weighted by molar-refractivity contribution is 6.32. The van der Waals surface area contributed by atoms with Gasteiger partial charge < -0.3 is 14.8 Å². The van der Waals surface area contributed by atoms with Crippen LogP contribution in [0.3, 0.4) is 0 Å². The molecule has 0 aliphatic heterocycles. The molecular weight excluding hydrogens is 272 g/mol. The van der Waals surface area contributed by atoms with Gasteiger partial charge in [-0.25, -0.2) is 4.98 Å². The molecule has 1 heterocycles. The summed E-state index contributed by atoms with van der Waals surface area (Å²) >= 11 is 5.87. The highest BCUT2D eigenvalue weighted by Crippen LogP contribution is 2.25. The third-order valence-corrected chi connectivity index (χ3v) is 2.46. The normalized spacial score (nSPS) is 9.84. The first-order valence-corrected chi connectivity index (χ1v) is 6.09. The molecule has 104 valence electrons. The Morgan fingerprint density at radius 1 is 1.42 bits per heavy atom. The molecule has 0 atom stereocenters. The molecule has 0 bridgehead atoms. The van der Waals surface area contributed by atoms with Gasteiger partial charge in [-0.1, -0.05) is 11.6 Å². The van der Waals surface area contributed by atoms with Crippen molar-refractivity contribution in [2.24, 2.45) is 0 Å². The Labute approximate surface area is 116 Å². The second-order valence-corrected chi connectivity index (χ2v) is 3.96. The fraction of sp³-hybridized carbons (Fsp3) is 0.417. The van der Waals surface area contributed by atoms with Gasteiger partial charge in [0, 0.05) is 12.5 Å². The summed E-state index contributed by atoms with van der Waals surface area (Å²) in [5, 5.41) is 2.92. The van der Waals surface area contributed by atoms with Crippen molar-refractivity contribution >= 4 is 29.3 Å². The first kappa shape index (κ1) is 15.2. The minimum atomic E-state index is -0.436. The number of amides is 1. The third kappa shape index (κ3) is 5.13. The number of hydrogen-bond donors (Lipinski definition) is 1. The lowest BCUT2D eigenvalue weighted by Crippen LogP contribution is -2.14. The summed E-state index contributed by atoms with van der Waals surface area (Å²) in [6.07, 6.45) is 1.44. The summed E-state index contributed by atoms with van der Waals surface area (Å²) in [7, 11) is 1.27. The highest BCUT2D eigenvalue weighted by atomic mass is 35.5. The third-order valence-electron chi connectivity index (χ3n) is 2.17. The number of hydrogen-bond acceptors (Lipinski definition) is 5. The van der Waals surface area contributed by atoms with Gasteiger partial charge in [0.15, 0.2) is 0 Å². The Morgan fingerprint density at radius 2 is 2.16 bits per heavy atom. The molecule has 0 aliphatic carbocycles. The molecule has 0 radical (unpaired) electrons. The molecule has 1 N–H and O–H groups in total. The number of ether oxygens (including phenoxy) is 2. The molecule has 0 fully saturated rings. The zero-order valence-corrected chi connectivity index (χ0v) is 11.5. The molecule has 1 amide bonds. The zero-order chi connectivity index (χ0) is 14.3. The number of carbonyl (C=O) groups is 2. The van der Waals surface area contributed by atoms with Gasteiger partial charge in [0.1, 0.15) is 16.6 Å². The van der Waals surface area contributed by atoms with Crippen LogP contribution >= 0.6 is 11.6 Å². The first-order valence-electron chi connectivity index (χ1n) is 5.71. The quantitative estimate of drug-likeness (QED) is 0.810. The minimum absolute atomic E-state index is 0.0221. The van der Waals surface area contributed by atoms with E-state index in [4.69, 9.17) is 16.3 Å². The fourth-order valence-corrected chi connectivity index (χ4v) is 1.44. The number of nitrogens with zero attached hydrogens (tertiary/aromatic N) is 1. The number of rotatable bonds is 6. The van der Waals surface area contributed by atoms with Gasteiger partial charge in [-0.3, -0.25) is 9.59 Å². The van der Waals surface area contributed by atoms with Crippen LogP contribution in [0.25, 0.3) is 0 Å². The van der Waals surface area contributed by atoms with E-state index in [0.29, 0.717) is 23.2 Å². The molecule has 0 unspecified atom stereocenters. The maximum atomic E-state index is 11.6. The summed E-state index contributed by atoms with van der Waals surface area (Å²) in [5.74, 6) is 0.00189. The van der Waals surface area contributed by atoms with Crippen molar-refractivity contribution in [2.45, 2.75) is 19.8 Å². The van der Waals surface area contributed by atoms with Crippen LogP contribution in [0.4, 0.5) is 5.82 Å². The molecule has 0 spiro atoms. The molecule has 0 aromatic carbocycles. The maximum Gasteiger partial charge on any atom is 0.306 e. The van der Waals surface area contributed by atoms with Gasteiger partial charge in [-0.05, 0) is 6.92 Å². The molecular formula is C12H15ClN2O4. The van der Waals surface area contributed by atoms with Crippen molar-refractivity contribution in [3.05, 3.63) is 17.3 Å². The van der Waals surface area contributed by atoms with Gasteiger partial charge in [0.2, 0.25) is 5.91 Å². The predicted octanol–water partition coefficient (Wildman–Crippen LogP) is 2.03. The van der Waals surface area contributed by atoms with E-state index in [0.717, 1.165) is 0 Å². The molecule has 0 aliphatic rings. The van der Waals surface area contributed by atoms with Crippen molar-refractivity contribution in [1.82, 2.24) is 4.98 Å². The van der Waals surface area contributed by atoms with E-state index in [2.05, 4.69) is 15.0 Å². The standard InChI is InChI=1S/C12H15ClN2O4/c1-3-19-9-6-10(14-7-8(9)13)15-11(16)4-5-12(17)18-2/h6-7H,3-5H2,1-2H3,(H,14,15,16). The molecule has 1 aromatic rings. The lowest BCUT2D eigenvalue weighted by molar-refractivity contribution is -0.141. The lowest BCUT2D eigenvalue weighted by atomic mass is 10.3. The number of carbonyl (C=O) groups excluding carboxylic acids is 2. The zero-order valence-electron chi connectivity index (χ0n) is 10.7. The Hall–Kier alpha value is -1.82. The molecule has 19 heavy (non-hydrogen) atoms. The highest BCUT2D eigenvalue weighted by Gasteiger charge is 2.09. The van der Waals surface area contributed by atoms with Crippen LogP contribution in [-0.4, -0.2) is 30.6 Å². The van der Waals surface area contributed by atoms with Crippen LogP contribution in [0.5, 0.6) is 5.75 Å². The molecule has 0 saturated carbocycles. The second-order valence-electron chi connectivity index (χ2n) is 3.56. The molecule has 1 rings (SSSR count). The van der Waals surface area contributed by atoms with E-state index in [9.17, 15) is 9.59 Å². The SMILES string of the molecule is CCOc1cc(NC(=O)CCC(=O)OC)ncc1Cl. The van der Waals surface area contributed by atoms with Gasteiger partial charge >= 0.3 is 5.97 Å². The van der Waals surface area contributed by atoms with Crippen molar-refractivity contribution in [3.8, 4) is 5.75 Å². The lowest BCUT2D eigenvalue weighted by Gasteiger charge is -2.08. The van der Waals surface area contributed by atoms with E-state index >= 15 is 0 Å². The van der Waals surface area contributed by atoms with Gasteiger partial charge in [0.05, 0.1) is 26.3 Å². The first-order chi connectivity index (χ1) is 9.06. The van der Waals surface area contributed by atoms with Crippen LogP contribution in [-0.2, 0) is 14.3 Å². The van der Waals surface area contributed by atoms with Gasteiger partial charge in [-0.2, -0.15) is 0 Å². The van der Waals surface area contributed by atoms with E-state index in [-0.39, 0.29) is 18.7 Å². The van der Waals surface area contributed by atoms with Crippen molar-refractivity contribution in [3.63, 3.8) is 0 Å². The topological polar surface area (TPSA) is 77.5 Å².